The first-order valence-electron chi connectivity index (χ1n) is 5.21. The molecule has 0 aliphatic carbocycles. The smallest absolute Gasteiger partial charge is 0.312 e. The Kier molecular flexibility index (Phi) is 2.67. The zero-order valence-electron chi connectivity index (χ0n) is 9.54. The molecule has 88 valence electrons. The Labute approximate surface area is 97.3 Å². The van der Waals surface area contributed by atoms with E-state index in [2.05, 4.69) is 5.10 Å². The van der Waals surface area contributed by atoms with E-state index in [1.165, 1.54) is 11.7 Å². The van der Waals surface area contributed by atoms with E-state index in [0.717, 1.165) is 0 Å². The monoisotopic (exact) mass is 232 g/mol. The molecular formula is C12H12N2O3. The summed E-state index contributed by atoms with van der Waals surface area (Å²) < 4.78 is 1.18. The molecule has 1 N–H and O–H groups in total. The molecule has 1 atom stereocenters. The second-order valence-electron chi connectivity index (χ2n) is 3.92. The van der Waals surface area contributed by atoms with Crippen molar-refractivity contribution in [1.29, 1.82) is 0 Å². The van der Waals surface area contributed by atoms with Gasteiger partial charge in [0.2, 0.25) is 0 Å². The van der Waals surface area contributed by atoms with Crippen LogP contribution in [-0.2, 0) is 11.8 Å². The molecule has 5 nitrogen and oxygen atoms in total. The molecule has 0 aliphatic rings. The number of hydrogen-bond donors (Lipinski definition) is 1. The van der Waals surface area contributed by atoms with Crippen LogP contribution in [0.2, 0.25) is 0 Å². The minimum Gasteiger partial charge on any atom is -0.481 e. The van der Waals surface area contributed by atoms with Crippen LogP contribution in [0.4, 0.5) is 0 Å². The van der Waals surface area contributed by atoms with Crippen molar-refractivity contribution < 1.29 is 9.90 Å². The maximum absolute atomic E-state index is 11.8. The first-order chi connectivity index (χ1) is 8.02. The van der Waals surface area contributed by atoms with Crippen LogP contribution in [0.15, 0.2) is 29.1 Å². The normalized spacial score (nSPS) is 12.6. The van der Waals surface area contributed by atoms with Gasteiger partial charge in [0.25, 0.3) is 5.56 Å². The number of nitrogens with zero attached hydrogens (tertiary/aromatic N) is 2. The Morgan fingerprint density at radius 2 is 1.94 bits per heavy atom. The molecule has 0 aliphatic heterocycles. The minimum absolute atomic E-state index is 0.220. The number of carboxylic acids is 1. The fraction of sp³-hybridized carbons (Fsp3) is 0.250. The predicted molar refractivity (Wildman–Crippen MR) is 63.0 cm³/mol. The summed E-state index contributed by atoms with van der Waals surface area (Å²) in [6, 6.07) is 6.91. The van der Waals surface area contributed by atoms with E-state index in [1.54, 1.807) is 31.2 Å². The van der Waals surface area contributed by atoms with Gasteiger partial charge in [0.1, 0.15) is 0 Å². The molecule has 1 aromatic heterocycles. The van der Waals surface area contributed by atoms with E-state index in [0.29, 0.717) is 16.5 Å². The highest BCUT2D eigenvalue weighted by atomic mass is 16.4. The molecule has 1 aromatic carbocycles. The Morgan fingerprint density at radius 3 is 2.53 bits per heavy atom. The third-order valence-corrected chi connectivity index (χ3v) is 2.77. The Morgan fingerprint density at radius 1 is 1.35 bits per heavy atom. The average Bonchev–Trinajstić information content (AvgIpc) is 2.33. The summed E-state index contributed by atoms with van der Waals surface area (Å²) in [7, 11) is 1.52. The van der Waals surface area contributed by atoms with Gasteiger partial charge in [-0.1, -0.05) is 18.2 Å². The van der Waals surface area contributed by atoms with Gasteiger partial charge in [-0.05, 0) is 13.0 Å². The summed E-state index contributed by atoms with van der Waals surface area (Å²) in [5.41, 5.74) is 0.192. The van der Waals surface area contributed by atoms with E-state index in [-0.39, 0.29) is 5.56 Å². The van der Waals surface area contributed by atoms with Crippen LogP contribution < -0.4 is 5.56 Å². The molecular weight excluding hydrogens is 220 g/mol. The summed E-state index contributed by atoms with van der Waals surface area (Å²) in [4.78, 5) is 22.8. The lowest BCUT2D eigenvalue weighted by Crippen LogP contribution is -2.23. The molecule has 5 heteroatoms. The van der Waals surface area contributed by atoms with Gasteiger partial charge < -0.3 is 5.11 Å². The minimum atomic E-state index is -0.957. The van der Waals surface area contributed by atoms with Crippen molar-refractivity contribution in [1.82, 2.24) is 9.78 Å². The molecule has 0 saturated carbocycles. The van der Waals surface area contributed by atoms with Crippen molar-refractivity contribution in [3.8, 4) is 0 Å². The van der Waals surface area contributed by atoms with Gasteiger partial charge in [0.05, 0.1) is 17.0 Å². The second kappa shape index (κ2) is 4.01. The number of benzene rings is 1. The number of aliphatic carboxylic acids is 1. The largest absolute Gasteiger partial charge is 0.481 e. The quantitative estimate of drug-likeness (QED) is 0.842. The van der Waals surface area contributed by atoms with Crippen LogP contribution in [0.5, 0.6) is 0 Å². The van der Waals surface area contributed by atoms with Crippen LogP contribution >= 0.6 is 0 Å². The fourth-order valence-corrected chi connectivity index (χ4v) is 1.76. The number of aryl methyl sites for hydroxylation is 1. The van der Waals surface area contributed by atoms with Gasteiger partial charge in [0, 0.05) is 12.4 Å². The second-order valence-corrected chi connectivity index (χ2v) is 3.92. The lowest BCUT2D eigenvalue weighted by atomic mass is 10.0. The Bertz CT molecular complexity index is 646. The molecule has 2 aromatic rings. The van der Waals surface area contributed by atoms with Crippen LogP contribution in [0.25, 0.3) is 10.8 Å². The maximum atomic E-state index is 11.8. The molecule has 0 bridgehead atoms. The molecule has 0 fully saturated rings. The summed E-state index contributed by atoms with van der Waals surface area (Å²) >= 11 is 0. The van der Waals surface area contributed by atoms with E-state index in [4.69, 9.17) is 5.11 Å². The van der Waals surface area contributed by atoms with E-state index in [9.17, 15) is 9.59 Å². The van der Waals surface area contributed by atoms with Gasteiger partial charge in [-0.3, -0.25) is 9.59 Å². The average molecular weight is 232 g/mol. The molecule has 0 spiro atoms. The van der Waals surface area contributed by atoms with E-state index < -0.39 is 11.9 Å². The SMILES string of the molecule is CC(C(=O)O)c1nn(C)c(=O)c2ccccc12. The van der Waals surface area contributed by atoms with Gasteiger partial charge >= 0.3 is 5.97 Å². The number of aromatic nitrogens is 2. The van der Waals surface area contributed by atoms with Crippen molar-refractivity contribution in [2.75, 3.05) is 0 Å². The maximum Gasteiger partial charge on any atom is 0.312 e. The van der Waals surface area contributed by atoms with Crippen molar-refractivity contribution in [2.45, 2.75) is 12.8 Å². The van der Waals surface area contributed by atoms with Gasteiger partial charge in [-0.2, -0.15) is 5.10 Å². The zero-order valence-corrected chi connectivity index (χ0v) is 9.54. The standard InChI is InChI=1S/C12H12N2O3/c1-7(12(16)17)10-8-5-3-4-6-9(8)11(15)14(2)13-10/h3-7H,1-2H3,(H,16,17). The first-order valence-corrected chi connectivity index (χ1v) is 5.21. The van der Waals surface area contributed by atoms with Gasteiger partial charge in [-0.15, -0.1) is 0 Å². The fourth-order valence-electron chi connectivity index (χ4n) is 1.76. The molecule has 2 rings (SSSR count). The molecule has 0 radical (unpaired) electrons. The number of carbonyl (C=O) groups is 1. The number of hydrogen-bond acceptors (Lipinski definition) is 3. The third-order valence-electron chi connectivity index (χ3n) is 2.77. The van der Waals surface area contributed by atoms with Crippen molar-refractivity contribution in [2.24, 2.45) is 7.05 Å². The predicted octanol–water partition coefficient (Wildman–Crippen LogP) is 1.12. The molecule has 1 heterocycles. The number of rotatable bonds is 2. The van der Waals surface area contributed by atoms with E-state index in [1.807, 2.05) is 0 Å². The van der Waals surface area contributed by atoms with Crippen LogP contribution in [0.3, 0.4) is 0 Å². The highest BCUT2D eigenvalue weighted by molar-refractivity contribution is 5.88. The highest BCUT2D eigenvalue weighted by Gasteiger charge is 2.20. The summed E-state index contributed by atoms with van der Waals surface area (Å²) in [5.74, 6) is -1.70. The van der Waals surface area contributed by atoms with Gasteiger partial charge in [-0.25, -0.2) is 4.68 Å². The number of fused-ring (bicyclic) bond motifs is 1. The van der Waals surface area contributed by atoms with Crippen molar-refractivity contribution >= 4 is 16.7 Å². The number of carboxylic acid groups (broad SMARTS) is 1. The molecule has 0 amide bonds. The summed E-state index contributed by atoms with van der Waals surface area (Å²) in [5, 5.41) is 14.2. The van der Waals surface area contributed by atoms with Crippen LogP contribution in [-0.4, -0.2) is 20.9 Å². The highest BCUT2D eigenvalue weighted by Crippen LogP contribution is 2.21. The summed E-state index contributed by atoms with van der Waals surface area (Å²) in [6.45, 7) is 1.56. The van der Waals surface area contributed by atoms with E-state index >= 15 is 0 Å². The molecule has 1 unspecified atom stereocenters. The zero-order chi connectivity index (χ0) is 12.6. The molecule has 17 heavy (non-hydrogen) atoms. The van der Waals surface area contributed by atoms with Crippen LogP contribution in [0, 0.1) is 0 Å². The Hall–Kier alpha value is -2.17. The summed E-state index contributed by atoms with van der Waals surface area (Å²) in [6.07, 6.45) is 0. The lowest BCUT2D eigenvalue weighted by molar-refractivity contribution is -0.138. The van der Waals surface area contributed by atoms with Crippen LogP contribution in [0.1, 0.15) is 18.5 Å². The Balaban J connectivity index is 2.85. The van der Waals surface area contributed by atoms with Crippen molar-refractivity contribution in [3.05, 3.63) is 40.3 Å². The lowest BCUT2D eigenvalue weighted by Gasteiger charge is -2.10. The van der Waals surface area contributed by atoms with Gasteiger partial charge in [0.15, 0.2) is 0 Å². The molecule has 0 saturated heterocycles. The topological polar surface area (TPSA) is 72.2 Å². The first kappa shape index (κ1) is 11.3. The third kappa shape index (κ3) is 1.80. The van der Waals surface area contributed by atoms with Crippen molar-refractivity contribution in [3.63, 3.8) is 0 Å².